The van der Waals surface area contributed by atoms with Gasteiger partial charge in [0.15, 0.2) is 9.84 Å². The maximum atomic E-state index is 12.8. The van der Waals surface area contributed by atoms with Crippen LogP contribution in [0.5, 0.6) is 0 Å². The van der Waals surface area contributed by atoms with E-state index in [1.807, 2.05) is 0 Å². The van der Waals surface area contributed by atoms with Crippen LogP contribution < -0.4 is 5.32 Å². The van der Waals surface area contributed by atoms with E-state index in [0.717, 1.165) is 6.26 Å². The summed E-state index contributed by atoms with van der Waals surface area (Å²) in [6.45, 7) is 1.29. The highest BCUT2D eigenvalue weighted by molar-refractivity contribution is 7.90. The first-order valence-corrected chi connectivity index (χ1v) is 12.4. The SMILES string of the molecule is CS(=O)(=O)Cc1ccc(C(=O)Nc2cccc(S(=O)(=O)N3CCOCC3)c2)cc1. The first kappa shape index (κ1) is 21.4. The van der Waals surface area contributed by atoms with Crippen molar-refractivity contribution in [3.8, 4) is 0 Å². The lowest BCUT2D eigenvalue weighted by molar-refractivity contribution is 0.0730. The molecule has 10 heteroatoms. The Bertz CT molecular complexity index is 1090. The number of carbonyl (C=O) groups excluding carboxylic acids is 1. The molecule has 0 spiro atoms. The van der Waals surface area contributed by atoms with Crippen LogP contribution in [0, 0.1) is 0 Å². The number of hydrogen-bond acceptors (Lipinski definition) is 6. The average molecular weight is 439 g/mol. The van der Waals surface area contributed by atoms with Gasteiger partial charge in [-0.1, -0.05) is 18.2 Å². The second-order valence-electron chi connectivity index (χ2n) is 6.77. The van der Waals surface area contributed by atoms with Gasteiger partial charge < -0.3 is 10.1 Å². The van der Waals surface area contributed by atoms with Crippen molar-refractivity contribution in [2.24, 2.45) is 0 Å². The molecule has 0 atom stereocenters. The van der Waals surface area contributed by atoms with E-state index in [2.05, 4.69) is 5.32 Å². The smallest absolute Gasteiger partial charge is 0.255 e. The summed E-state index contributed by atoms with van der Waals surface area (Å²) in [6.07, 6.45) is 1.14. The molecule has 0 aliphatic carbocycles. The third-order valence-corrected chi connectivity index (χ3v) is 7.10. The Balaban J connectivity index is 1.73. The Morgan fingerprint density at radius 1 is 1.03 bits per heavy atom. The van der Waals surface area contributed by atoms with Gasteiger partial charge in [0.2, 0.25) is 10.0 Å². The van der Waals surface area contributed by atoms with E-state index in [9.17, 15) is 21.6 Å². The molecule has 1 saturated heterocycles. The van der Waals surface area contributed by atoms with Crippen molar-refractivity contribution < 1.29 is 26.4 Å². The molecule has 3 rings (SSSR count). The van der Waals surface area contributed by atoms with Crippen LogP contribution in [0.3, 0.4) is 0 Å². The van der Waals surface area contributed by atoms with Gasteiger partial charge in [0, 0.05) is 30.6 Å². The van der Waals surface area contributed by atoms with E-state index in [0.29, 0.717) is 43.1 Å². The average Bonchev–Trinajstić information content (AvgIpc) is 2.68. The number of morpholine rings is 1. The number of ether oxygens (including phenoxy) is 1. The van der Waals surface area contributed by atoms with Crippen LogP contribution in [0.25, 0.3) is 0 Å². The molecule has 156 valence electrons. The molecule has 0 saturated carbocycles. The number of anilines is 1. The normalized spacial score (nSPS) is 15.8. The summed E-state index contributed by atoms with van der Waals surface area (Å²) < 4.78 is 54.8. The number of rotatable bonds is 6. The van der Waals surface area contributed by atoms with Crippen LogP contribution in [-0.2, 0) is 30.4 Å². The topological polar surface area (TPSA) is 110 Å². The van der Waals surface area contributed by atoms with Gasteiger partial charge in [-0.2, -0.15) is 4.31 Å². The lowest BCUT2D eigenvalue weighted by Gasteiger charge is -2.26. The van der Waals surface area contributed by atoms with Gasteiger partial charge in [-0.25, -0.2) is 16.8 Å². The number of sulfonamides is 1. The zero-order valence-electron chi connectivity index (χ0n) is 15.9. The molecule has 1 heterocycles. The highest BCUT2D eigenvalue weighted by Gasteiger charge is 2.26. The van der Waals surface area contributed by atoms with Crippen LogP contribution in [-0.4, -0.2) is 59.6 Å². The highest BCUT2D eigenvalue weighted by Crippen LogP contribution is 2.21. The van der Waals surface area contributed by atoms with Crippen molar-refractivity contribution in [3.63, 3.8) is 0 Å². The molecule has 1 amide bonds. The maximum Gasteiger partial charge on any atom is 0.255 e. The fraction of sp³-hybridized carbons (Fsp3) is 0.316. The fourth-order valence-electron chi connectivity index (χ4n) is 2.93. The molecule has 1 N–H and O–H groups in total. The predicted octanol–water partition coefficient (Wildman–Crippen LogP) is 1.50. The molecule has 1 aliphatic rings. The van der Waals surface area contributed by atoms with Crippen molar-refractivity contribution in [2.75, 3.05) is 37.9 Å². The Hall–Kier alpha value is -2.27. The standard InChI is InChI=1S/C19H22N2O6S2/c1-28(23,24)14-15-5-7-16(8-6-15)19(22)20-17-3-2-4-18(13-17)29(25,26)21-9-11-27-12-10-21/h2-8,13H,9-12,14H2,1H3,(H,20,22). The molecule has 1 fully saturated rings. The van der Waals surface area contributed by atoms with E-state index in [-0.39, 0.29) is 10.6 Å². The van der Waals surface area contributed by atoms with E-state index < -0.39 is 25.8 Å². The van der Waals surface area contributed by atoms with Crippen LogP contribution >= 0.6 is 0 Å². The minimum atomic E-state index is -3.66. The van der Waals surface area contributed by atoms with Gasteiger partial charge in [0.05, 0.1) is 23.9 Å². The number of hydrogen-bond donors (Lipinski definition) is 1. The van der Waals surface area contributed by atoms with E-state index >= 15 is 0 Å². The maximum absolute atomic E-state index is 12.8. The van der Waals surface area contributed by atoms with Crippen molar-refractivity contribution >= 4 is 31.5 Å². The van der Waals surface area contributed by atoms with Crippen molar-refractivity contribution in [1.29, 1.82) is 0 Å². The predicted molar refractivity (Wildman–Crippen MR) is 109 cm³/mol. The molecule has 0 unspecified atom stereocenters. The largest absolute Gasteiger partial charge is 0.379 e. The number of nitrogens with zero attached hydrogens (tertiary/aromatic N) is 1. The third kappa shape index (κ3) is 5.63. The van der Waals surface area contributed by atoms with Gasteiger partial charge in [-0.3, -0.25) is 4.79 Å². The molecule has 2 aromatic rings. The quantitative estimate of drug-likeness (QED) is 0.732. The van der Waals surface area contributed by atoms with Crippen LogP contribution in [0.2, 0.25) is 0 Å². The number of benzene rings is 2. The Kier molecular flexibility index (Phi) is 6.37. The zero-order chi connectivity index (χ0) is 21.1. The summed E-state index contributed by atoms with van der Waals surface area (Å²) in [7, 11) is -6.82. The minimum Gasteiger partial charge on any atom is -0.379 e. The molecule has 8 nitrogen and oxygen atoms in total. The lowest BCUT2D eigenvalue weighted by atomic mass is 10.1. The monoisotopic (exact) mass is 438 g/mol. The summed E-state index contributed by atoms with van der Waals surface area (Å²) in [5.74, 6) is -0.520. The van der Waals surface area contributed by atoms with Crippen molar-refractivity contribution in [3.05, 3.63) is 59.7 Å². The zero-order valence-corrected chi connectivity index (χ0v) is 17.5. The van der Waals surface area contributed by atoms with Crippen molar-refractivity contribution in [2.45, 2.75) is 10.6 Å². The molecule has 0 bridgehead atoms. The molecular weight excluding hydrogens is 416 g/mol. The van der Waals surface area contributed by atoms with E-state index in [1.54, 1.807) is 24.3 Å². The van der Waals surface area contributed by atoms with Crippen LogP contribution in [0.15, 0.2) is 53.4 Å². The first-order valence-electron chi connectivity index (χ1n) is 8.91. The molecule has 1 aliphatic heterocycles. The van der Waals surface area contributed by atoms with Gasteiger partial charge >= 0.3 is 0 Å². The van der Waals surface area contributed by atoms with E-state index in [4.69, 9.17) is 4.74 Å². The van der Waals surface area contributed by atoms with Crippen molar-refractivity contribution in [1.82, 2.24) is 4.31 Å². The van der Waals surface area contributed by atoms with Gasteiger partial charge in [0.25, 0.3) is 5.91 Å². The van der Waals surface area contributed by atoms with Gasteiger partial charge in [-0.15, -0.1) is 0 Å². The van der Waals surface area contributed by atoms with Crippen LogP contribution in [0.1, 0.15) is 15.9 Å². The summed E-state index contributed by atoms with van der Waals surface area (Å²) >= 11 is 0. The summed E-state index contributed by atoms with van der Waals surface area (Å²) in [5, 5.41) is 2.68. The third-order valence-electron chi connectivity index (χ3n) is 4.34. The number of nitrogens with one attached hydrogen (secondary N) is 1. The Morgan fingerprint density at radius 2 is 1.69 bits per heavy atom. The van der Waals surface area contributed by atoms with Gasteiger partial charge in [-0.05, 0) is 35.9 Å². The minimum absolute atomic E-state index is 0.0979. The highest BCUT2D eigenvalue weighted by atomic mass is 32.2. The summed E-state index contributed by atoms with van der Waals surface area (Å²) in [5.41, 5.74) is 1.27. The number of amides is 1. The molecular formula is C19H22N2O6S2. The summed E-state index contributed by atoms with van der Waals surface area (Å²) in [4.78, 5) is 12.6. The molecule has 0 radical (unpaired) electrons. The second kappa shape index (κ2) is 8.62. The lowest BCUT2D eigenvalue weighted by Crippen LogP contribution is -2.40. The molecule has 0 aromatic heterocycles. The molecule has 29 heavy (non-hydrogen) atoms. The number of sulfone groups is 1. The molecule has 2 aromatic carbocycles. The van der Waals surface area contributed by atoms with E-state index in [1.165, 1.54) is 28.6 Å². The van der Waals surface area contributed by atoms with Crippen LogP contribution in [0.4, 0.5) is 5.69 Å². The first-order chi connectivity index (χ1) is 13.6. The van der Waals surface area contributed by atoms with Gasteiger partial charge in [0.1, 0.15) is 0 Å². The fourth-order valence-corrected chi connectivity index (χ4v) is 5.18. The Labute approximate surface area is 170 Å². The second-order valence-corrected chi connectivity index (χ2v) is 10.8. The number of carbonyl (C=O) groups is 1. The Morgan fingerprint density at radius 3 is 2.31 bits per heavy atom. The summed E-state index contributed by atoms with van der Waals surface area (Å²) in [6, 6.07) is 12.3.